The molecule has 0 saturated heterocycles. The van der Waals surface area contributed by atoms with Gasteiger partial charge in [-0.05, 0) is 25.7 Å². The predicted octanol–water partition coefficient (Wildman–Crippen LogP) is 3.12. The Labute approximate surface area is 106 Å². The van der Waals surface area contributed by atoms with Gasteiger partial charge in [0.1, 0.15) is 0 Å². The van der Waals surface area contributed by atoms with Crippen LogP contribution in [-0.4, -0.2) is 28.4 Å². The second-order valence-corrected chi connectivity index (χ2v) is 4.84. The molecule has 1 aromatic rings. The number of alkyl halides is 1. The third-order valence-corrected chi connectivity index (χ3v) is 3.37. The summed E-state index contributed by atoms with van der Waals surface area (Å²) in [7, 11) is 0. The molecule has 1 saturated carbocycles. The van der Waals surface area contributed by atoms with E-state index in [2.05, 4.69) is 14.9 Å². The van der Waals surface area contributed by atoms with Gasteiger partial charge in [0.15, 0.2) is 0 Å². The van der Waals surface area contributed by atoms with E-state index in [1.165, 1.54) is 19.3 Å². The van der Waals surface area contributed by atoms with Crippen molar-refractivity contribution in [2.45, 2.75) is 31.7 Å². The van der Waals surface area contributed by atoms with Crippen LogP contribution in [0, 0.1) is 0 Å². The standard InChI is InChI=1S/C11H15Cl2N3/c12-5-2-6-16(10-3-1-4-10)11-14-7-9(13)8-15-11/h7-8,10H,1-6H2. The van der Waals surface area contributed by atoms with Crippen LogP contribution in [0.15, 0.2) is 12.4 Å². The van der Waals surface area contributed by atoms with Crippen LogP contribution in [0.25, 0.3) is 0 Å². The van der Waals surface area contributed by atoms with Gasteiger partial charge in [0.25, 0.3) is 0 Å². The lowest BCUT2D eigenvalue weighted by atomic mass is 9.91. The first-order chi connectivity index (χ1) is 7.81. The first kappa shape index (κ1) is 11.9. The van der Waals surface area contributed by atoms with Gasteiger partial charge in [0, 0.05) is 18.5 Å². The van der Waals surface area contributed by atoms with Crippen molar-refractivity contribution in [2.24, 2.45) is 0 Å². The van der Waals surface area contributed by atoms with Crippen molar-refractivity contribution in [1.29, 1.82) is 0 Å². The molecular weight excluding hydrogens is 245 g/mol. The van der Waals surface area contributed by atoms with Gasteiger partial charge in [-0.25, -0.2) is 9.97 Å². The molecule has 2 rings (SSSR count). The molecule has 0 radical (unpaired) electrons. The smallest absolute Gasteiger partial charge is 0.225 e. The van der Waals surface area contributed by atoms with Gasteiger partial charge in [0.05, 0.1) is 17.4 Å². The number of nitrogens with zero attached hydrogens (tertiary/aromatic N) is 3. The van der Waals surface area contributed by atoms with Gasteiger partial charge >= 0.3 is 0 Å². The molecule has 1 aliphatic carbocycles. The summed E-state index contributed by atoms with van der Waals surface area (Å²) in [5, 5.41) is 0.578. The summed E-state index contributed by atoms with van der Waals surface area (Å²) < 4.78 is 0. The maximum Gasteiger partial charge on any atom is 0.225 e. The number of halogens is 2. The summed E-state index contributed by atoms with van der Waals surface area (Å²) in [6.45, 7) is 0.926. The Hall–Kier alpha value is -0.540. The van der Waals surface area contributed by atoms with Gasteiger partial charge in [-0.2, -0.15) is 0 Å². The van der Waals surface area contributed by atoms with Crippen LogP contribution in [0.5, 0.6) is 0 Å². The Balaban J connectivity index is 2.07. The lowest BCUT2D eigenvalue weighted by Gasteiger charge is -2.37. The molecule has 1 fully saturated rings. The highest BCUT2D eigenvalue weighted by Gasteiger charge is 2.26. The molecule has 1 aliphatic rings. The fourth-order valence-corrected chi connectivity index (χ4v) is 2.05. The van der Waals surface area contributed by atoms with Crippen molar-refractivity contribution < 1.29 is 0 Å². The predicted molar refractivity (Wildman–Crippen MR) is 67.4 cm³/mol. The second kappa shape index (κ2) is 5.69. The Morgan fingerprint density at radius 1 is 1.31 bits per heavy atom. The van der Waals surface area contributed by atoms with Crippen molar-refractivity contribution >= 4 is 29.2 Å². The van der Waals surface area contributed by atoms with E-state index in [-0.39, 0.29) is 0 Å². The van der Waals surface area contributed by atoms with Gasteiger partial charge in [-0.1, -0.05) is 11.6 Å². The van der Waals surface area contributed by atoms with E-state index >= 15 is 0 Å². The maximum absolute atomic E-state index is 5.78. The van der Waals surface area contributed by atoms with Crippen LogP contribution in [0.3, 0.4) is 0 Å². The minimum Gasteiger partial charge on any atom is -0.338 e. The van der Waals surface area contributed by atoms with Crippen LogP contribution in [-0.2, 0) is 0 Å². The highest BCUT2D eigenvalue weighted by atomic mass is 35.5. The molecule has 0 aromatic carbocycles. The summed E-state index contributed by atoms with van der Waals surface area (Å²) in [6, 6.07) is 0.587. The molecule has 0 N–H and O–H groups in total. The number of anilines is 1. The maximum atomic E-state index is 5.78. The minimum absolute atomic E-state index is 0.578. The first-order valence-electron chi connectivity index (χ1n) is 5.61. The topological polar surface area (TPSA) is 29.0 Å². The number of rotatable bonds is 5. The largest absolute Gasteiger partial charge is 0.338 e. The van der Waals surface area contributed by atoms with Crippen molar-refractivity contribution in [3.8, 4) is 0 Å². The molecule has 0 aliphatic heterocycles. The van der Waals surface area contributed by atoms with E-state index in [0.717, 1.165) is 18.9 Å². The zero-order chi connectivity index (χ0) is 11.4. The summed E-state index contributed by atoms with van der Waals surface area (Å²) in [4.78, 5) is 10.8. The summed E-state index contributed by atoms with van der Waals surface area (Å²) in [6.07, 6.45) is 8.02. The van der Waals surface area contributed by atoms with Crippen LogP contribution in [0.2, 0.25) is 5.02 Å². The monoisotopic (exact) mass is 259 g/mol. The molecular formula is C11H15Cl2N3. The molecule has 1 aromatic heterocycles. The van der Waals surface area contributed by atoms with E-state index in [1.807, 2.05) is 0 Å². The minimum atomic E-state index is 0.578. The Morgan fingerprint density at radius 2 is 2.00 bits per heavy atom. The quantitative estimate of drug-likeness (QED) is 0.761. The van der Waals surface area contributed by atoms with Crippen molar-refractivity contribution in [3.05, 3.63) is 17.4 Å². The van der Waals surface area contributed by atoms with Crippen molar-refractivity contribution in [1.82, 2.24) is 9.97 Å². The lowest BCUT2D eigenvalue weighted by molar-refractivity contribution is 0.381. The van der Waals surface area contributed by atoms with Crippen LogP contribution in [0.1, 0.15) is 25.7 Å². The first-order valence-corrected chi connectivity index (χ1v) is 6.52. The summed E-state index contributed by atoms with van der Waals surface area (Å²) in [5.41, 5.74) is 0. The van der Waals surface area contributed by atoms with E-state index < -0.39 is 0 Å². The Bertz CT molecular complexity index is 325. The Morgan fingerprint density at radius 3 is 2.50 bits per heavy atom. The normalized spacial score (nSPS) is 15.9. The highest BCUT2D eigenvalue weighted by Crippen LogP contribution is 2.27. The molecule has 1 heterocycles. The molecule has 0 atom stereocenters. The van der Waals surface area contributed by atoms with Crippen LogP contribution >= 0.6 is 23.2 Å². The van der Waals surface area contributed by atoms with E-state index in [0.29, 0.717) is 16.9 Å². The van der Waals surface area contributed by atoms with Gasteiger partial charge < -0.3 is 4.90 Å². The molecule has 5 heteroatoms. The molecule has 3 nitrogen and oxygen atoms in total. The third-order valence-electron chi connectivity index (χ3n) is 2.91. The van der Waals surface area contributed by atoms with E-state index in [4.69, 9.17) is 23.2 Å². The average molecular weight is 260 g/mol. The van der Waals surface area contributed by atoms with E-state index in [1.54, 1.807) is 12.4 Å². The SMILES string of the molecule is ClCCCN(c1ncc(Cl)cn1)C1CCC1. The third kappa shape index (κ3) is 2.77. The van der Waals surface area contributed by atoms with Gasteiger partial charge in [-0.3, -0.25) is 0 Å². The zero-order valence-electron chi connectivity index (χ0n) is 9.07. The second-order valence-electron chi connectivity index (χ2n) is 4.02. The average Bonchev–Trinajstić information content (AvgIpc) is 2.23. The molecule has 16 heavy (non-hydrogen) atoms. The molecule has 0 spiro atoms. The lowest BCUT2D eigenvalue weighted by Crippen LogP contribution is -2.42. The fraction of sp³-hybridized carbons (Fsp3) is 0.636. The number of aromatic nitrogens is 2. The van der Waals surface area contributed by atoms with Crippen molar-refractivity contribution in [2.75, 3.05) is 17.3 Å². The van der Waals surface area contributed by atoms with Gasteiger partial charge in [-0.15, -0.1) is 11.6 Å². The zero-order valence-corrected chi connectivity index (χ0v) is 10.6. The highest BCUT2D eigenvalue weighted by molar-refractivity contribution is 6.30. The number of hydrogen-bond acceptors (Lipinski definition) is 3. The van der Waals surface area contributed by atoms with Crippen LogP contribution < -0.4 is 4.90 Å². The fourth-order valence-electron chi connectivity index (χ4n) is 1.83. The molecule has 88 valence electrons. The van der Waals surface area contributed by atoms with Gasteiger partial charge in [0.2, 0.25) is 5.95 Å². The molecule has 0 bridgehead atoms. The summed E-state index contributed by atoms with van der Waals surface area (Å²) >= 11 is 11.5. The Kier molecular flexibility index (Phi) is 4.24. The molecule has 0 unspecified atom stereocenters. The van der Waals surface area contributed by atoms with E-state index in [9.17, 15) is 0 Å². The number of hydrogen-bond donors (Lipinski definition) is 0. The van der Waals surface area contributed by atoms with Crippen LogP contribution in [0.4, 0.5) is 5.95 Å². The summed E-state index contributed by atoms with van der Waals surface area (Å²) in [5.74, 6) is 1.45. The van der Waals surface area contributed by atoms with Crippen molar-refractivity contribution in [3.63, 3.8) is 0 Å². The molecule has 0 amide bonds.